The zero-order valence-electron chi connectivity index (χ0n) is 18.5. The first kappa shape index (κ1) is 21.2. The van der Waals surface area contributed by atoms with Crippen LogP contribution in [0.15, 0.2) is 48.7 Å². The van der Waals surface area contributed by atoms with Crippen molar-refractivity contribution in [3.05, 3.63) is 65.5 Å². The molecule has 0 saturated heterocycles. The third-order valence-corrected chi connectivity index (χ3v) is 5.80. The van der Waals surface area contributed by atoms with Crippen LogP contribution in [0.5, 0.6) is 0 Å². The van der Waals surface area contributed by atoms with E-state index >= 15 is 0 Å². The first-order chi connectivity index (χ1) is 15.8. The molecule has 0 unspecified atom stereocenters. The Morgan fingerprint density at radius 3 is 2.48 bits per heavy atom. The van der Waals surface area contributed by atoms with E-state index in [9.17, 15) is 13.2 Å². The number of aromatic nitrogens is 5. The van der Waals surface area contributed by atoms with E-state index in [4.69, 9.17) is 9.97 Å². The van der Waals surface area contributed by atoms with Crippen LogP contribution in [0, 0.1) is 6.92 Å². The lowest BCUT2D eigenvalue weighted by molar-refractivity contribution is -0.137. The smallest absolute Gasteiger partial charge is 0.360 e. The molecule has 5 nitrogen and oxygen atoms in total. The zero-order valence-corrected chi connectivity index (χ0v) is 18.5. The Hall–Kier alpha value is -3.68. The van der Waals surface area contributed by atoms with Gasteiger partial charge in [-0.15, -0.1) is 0 Å². The molecule has 8 heteroatoms. The minimum absolute atomic E-state index is 0.374. The number of rotatable bonds is 4. The van der Waals surface area contributed by atoms with Gasteiger partial charge in [-0.2, -0.15) is 18.3 Å². The van der Waals surface area contributed by atoms with Crippen molar-refractivity contribution in [1.29, 1.82) is 0 Å². The summed E-state index contributed by atoms with van der Waals surface area (Å²) in [5.74, 6) is 0.374. The molecule has 2 aromatic carbocycles. The van der Waals surface area contributed by atoms with Crippen molar-refractivity contribution in [2.45, 2.75) is 32.9 Å². The number of hydrogen-bond donors (Lipinski definition) is 1. The molecule has 0 aliphatic rings. The Morgan fingerprint density at radius 1 is 1.03 bits per heavy atom. The molecule has 0 aliphatic heterocycles. The maximum Gasteiger partial charge on any atom is 0.416 e. The molecule has 3 aromatic heterocycles. The molecule has 0 radical (unpaired) electrons. The first-order valence-corrected chi connectivity index (χ1v) is 10.8. The molecule has 0 saturated carbocycles. The number of nitrogens with one attached hydrogen (secondary N) is 1. The molecule has 0 atom stereocenters. The summed E-state index contributed by atoms with van der Waals surface area (Å²) in [5, 5.41) is 5.70. The number of nitrogens with zero attached hydrogens (tertiary/aromatic N) is 4. The van der Waals surface area contributed by atoms with Gasteiger partial charge in [-0.3, -0.25) is 4.68 Å². The fraction of sp³-hybridized carbons (Fsp3) is 0.240. The minimum atomic E-state index is -4.39. The van der Waals surface area contributed by atoms with Crippen molar-refractivity contribution >= 4 is 21.9 Å². The molecule has 0 aliphatic carbocycles. The lowest BCUT2D eigenvalue weighted by Crippen LogP contribution is -2.04. The van der Waals surface area contributed by atoms with Crippen LogP contribution >= 0.6 is 0 Å². The summed E-state index contributed by atoms with van der Waals surface area (Å²) >= 11 is 0. The summed E-state index contributed by atoms with van der Waals surface area (Å²) in [7, 11) is 1.87. The van der Waals surface area contributed by atoms with Crippen LogP contribution in [0.3, 0.4) is 0 Å². The van der Waals surface area contributed by atoms with Gasteiger partial charge in [-0.1, -0.05) is 37.1 Å². The van der Waals surface area contributed by atoms with E-state index in [-0.39, 0.29) is 0 Å². The van der Waals surface area contributed by atoms with Crippen molar-refractivity contribution in [1.82, 2.24) is 24.7 Å². The van der Waals surface area contributed by atoms with Gasteiger partial charge in [0.1, 0.15) is 16.7 Å². The highest BCUT2D eigenvalue weighted by molar-refractivity contribution is 6.02. The standard InChI is InChI=1S/C25H22F3N5/c1-4-5-20-22-23(33(3)32-20)21(18-13-29-19-11-6-14(2)12-17(18)19)30-24(31-22)15-7-9-16(10-8-15)25(26,27)28/h6-13,29H,4-5H2,1-3H3. The van der Waals surface area contributed by atoms with Gasteiger partial charge in [-0.25, -0.2) is 9.97 Å². The van der Waals surface area contributed by atoms with Crippen LogP contribution in [0.25, 0.3) is 44.6 Å². The third kappa shape index (κ3) is 3.65. The van der Waals surface area contributed by atoms with E-state index in [0.717, 1.165) is 63.7 Å². The average Bonchev–Trinajstić information content (AvgIpc) is 3.34. The van der Waals surface area contributed by atoms with Gasteiger partial charge < -0.3 is 4.98 Å². The summed E-state index contributed by atoms with van der Waals surface area (Å²) in [6.45, 7) is 4.10. The SMILES string of the molecule is CCCc1nn(C)c2c(-c3c[nH]c4ccc(C)cc34)nc(-c3ccc(C(F)(F)F)cc3)nc12. The molecule has 0 fully saturated rings. The lowest BCUT2D eigenvalue weighted by atomic mass is 10.1. The van der Waals surface area contributed by atoms with Gasteiger partial charge in [-0.05, 0) is 37.6 Å². The number of hydrogen-bond acceptors (Lipinski definition) is 3. The summed E-state index contributed by atoms with van der Waals surface area (Å²) in [6, 6.07) is 11.1. The second-order valence-corrected chi connectivity index (χ2v) is 8.24. The normalized spacial score (nSPS) is 12.2. The Labute approximate surface area is 188 Å². The van der Waals surface area contributed by atoms with Gasteiger partial charge in [0.25, 0.3) is 0 Å². The van der Waals surface area contributed by atoms with E-state index in [0.29, 0.717) is 17.1 Å². The van der Waals surface area contributed by atoms with Crippen LogP contribution < -0.4 is 0 Å². The maximum atomic E-state index is 13.1. The molecule has 5 aromatic rings. The largest absolute Gasteiger partial charge is 0.416 e. The fourth-order valence-corrected chi connectivity index (χ4v) is 4.20. The first-order valence-electron chi connectivity index (χ1n) is 10.8. The second kappa shape index (κ2) is 7.72. The molecular weight excluding hydrogens is 427 g/mol. The Balaban J connectivity index is 1.78. The predicted octanol–water partition coefficient (Wildman–Crippen LogP) is 6.46. The molecule has 0 spiro atoms. The zero-order chi connectivity index (χ0) is 23.3. The van der Waals surface area contributed by atoms with Gasteiger partial charge in [0.05, 0.1) is 11.3 Å². The molecule has 0 amide bonds. The van der Waals surface area contributed by atoms with Gasteiger partial charge in [0.2, 0.25) is 0 Å². The highest BCUT2D eigenvalue weighted by Gasteiger charge is 2.30. The quantitative estimate of drug-likeness (QED) is 0.343. The van der Waals surface area contributed by atoms with Crippen molar-refractivity contribution in [3.63, 3.8) is 0 Å². The highest BCUT2D eigenvalue weighted by atomic mass is 19.4. The van der Waals surface area contributed by atoms with Crippen LogP contribution in [0.1, 0.15) is 30.2 Å². The third-order valence-electron chi connectivity index (χ3n) is 5.80. The maximum absolute atomic E-state index is 13.1. The Kier molecular flexibility index (Phi) is 4.96. The topological polar surface area (TPSA) is 59.4 Å². The van der Waals surface area contributed by atoms with E-state index in [1.165, 1.54) is 12.1 Å². The van der Waals surface area contributed by atoms with Crippen LogP contribution in [-0.2, 0) is 19.6 Å². The van der Waals surface area contributed by atoms with Crippen LogP contribution in [0.2, 0.25) is 0 Å². The number of H-pyrrole nitrogens is 1. The fourth-order valence-electron chi connectivity index (χ4n) is 4.20. The minimum Gasteiger partial charge on any atom is -0.360 e. The molecule has 33 heavy (non-hydrogen) atoms. The number of aryl methyl sites for hydroxylation is 3. The Bertz CT molecular complexity index is 1480. The van der Waals surface area contributed by atoms with Crippen LogP contribution in [-0.4, -0.2) is 24.7 Å². The number of benzene rings is 2. The average molecular weight is 449 g/mol. The van der Waals surface area contributed by atoms with Gasteiger partial charge in [0.15, 0.2) is 5.82 Å². The second-order valence-electron chi connectivity index (χ2n) is 8.24. The number of halogens is 3. The van der Waals surface area contributed by atoms with E-state index < -0.39 is 11.7 Å². The van der Waals surface area contributed by atoms with E-state index in [2.05, 4.69) is 23.1 Å². The highest BCUT2D eigenvalue weighted by Crippen LogP contribution is 2.36. The number of alkyl halides is 3. The van der Waals surface area contributed by atoms with E-state index in [1.807, 2.05) is 32.3 Å². The molecule has 5 rings (SSSR count). The van der Waals surface area contributed by atoms with Crippen molar-refractivity contribution in [2.24, 2.45) is 7.05 Å². The Morgan fingerprint density at radius 2 is 1.79 bits per heavy atom. The molecular formula is C25H22F3N5. The summed E-state index contributed by atoms with van der Waals surface area (Å²) in [6.07, 6.45) is -0.844. The lowest BCUT2D eigenvalue weighted by Gasteiger charge is -2.10. The summed E-state index contributed by atoms with van der Waals surface area (Å²) < 4.78 is 41.0. The summed E-state index contributed by atoms with van der Waals surface area (Å²) in [4.78, 5) is 12.9. The predicted molar refractivity (Wildman–Crippen MR) is 123 cm³/mol. The van der Waals surface area contributed by atoms with Crippen molar-refractivity contribution < 1.29 is 13.2 Å². The molecule has 1 N–H and O–H groups in total. The van der Waals surface area contributed by atoms with Gasteiger partial charge >= 0.3 is 6.18 Å². The summed E-state index contributed by atoms with van der Waals surface area (Å²) in [5.41, 5.74) is 5.90. The number of aromatic amines is 1. The van der Waals surface area contributed by atoms with Crippen molar-refractivity contribution in [3.8, 4) is 22.6 Å². The van der Waals surface area contributed by atoms with E-state index in [1.54, 1.807) is 4.68 Å². The molecule has 168 valence electrons. The molecule has 3 heterocycles. The number of fused-ring (bicyclic) bond motifs is 2. The van der Waals surface area contributed by atoms with Gasteiger partial charge in [0, 0.05) is 35.3 Å². The van der Waals surface area contributed by atoms with Crippen molar-refractivity contribution in [2.75, 3.05) is 0 Å². The molecule has 0 bridgehead atoms. The van der Waals surface area contributed by atoms with Crippen LogP contribution in [0.4, 0.5) is 13.2 Å². The monoisotopic (exact) mass is 449 g/mol.